The highest BCUT2D eigenvalue weighted by atomic mass is 16.5. The number of amides is 1. The molecular formula is C27H35NO5. The van der Waals surface area contributed by atoms with Crippen molar-refractivity contribution in [1.29, 1.82) is 0 Å². The Kier molecular flexibility index (Phi) is 7.07. The highest BCUT2D eigenvalue weighted by Gasteiger charge is 2.54. The maximum atomic E-state index is 12.9. The summed E-state index contributed by atoms with van der Waals surface area (Å²) in [5, 5.41) is 24.4. The third-order valence-corrected chi connectivity index (χ3v) is 7.37. The number of aliphatic hydroxyl groups is 2. The fraction of sp³-hybridized carbons (Fsp3) is 0.519. The molecule has 2 aromatic rings. The summed E-state index contributed by atoms with van der Waals surface area (Å²) in [4.78, 5) is 12.9. The zero-order chi connectivity index (χ0) is 23.5. The van der Waals surface area contributed by atoms with Crippen molar-refractivity contribution in [3.63, 3.8) is 0 Å². The van der Waals surface area contributed by atoms with Crippen LogP contribution in [0.25, 0.3) is 0 Å². The number of para-hydroxylation sites is 1. The summed E-state index contributed by atoms with van der Waals surface area (Å²) < 4.78 is 12.0. The van der Waals surface area contributed by atoms with Crippen molar-refractivity contribution in [3.05, 3.63) is 65.7 Å². The van der Waals surface area contributed by atoms with Crippen LogP contribution in [0.15, 0.2) is 54.6 Å². The van der Waals surface area contributed by atoms with E-state index in [1.807, 2.05) is 49.4 Å². The summed E-state index contributed by atoms with van der Waals surface area (Å²) in [6.07, 6.45) is 2.55. The first-order valence-corrected chi connectivity index (χ1v) is 11.8. The van der Waals surface area contributed by atoms with Gasteiger partial charge in [0.15, 0.2) is 0 Å². The van der Waals surface area contributed by atoms with Crippen molar-refractivity contribution in [1.82, 2.24) is 5.32 Å². The van der Waals surface area contributed by atoms with Crippen LogP contribution in [0.4, 0.5) is 0 Å². The van der Waals surface area contributed by atoms with E-state index in [1.165, 1.54) is 5.56 Å². The maximum absolute atomic E-state index is 12.9. The Morgan fingerprint density at radius 2 is 1.88 bits per heavy atom. The van der Waals surface area contributed by atoms with E-state index in [4.69, 9.17) is 9.47 Å². The number of fused-ring (bicyclic) bond motifs is 2. The van der Waals surface area contributed by atoms with Crippen molar-refractivity contribution >= 4 is 5.91 Å². The van der Waals surface area contributed by atoms with Gasteiger partial charge in [-0.25, -0.2) is 0 Å². The lowest BCUT2D eigenvalue weighted by Crippen LogP contribution is -2.58. The van der Waals surface area contributed by atoms with Crippen molar-refractivity contribution in [3.8, 4) is 5.75 Å². The molecule has 178 valence electrons. The fourth-order valence-electron chi connectivity index (χ4n) is 5.80. The molecule has 2 fully saturated rings. The molecule has 2 aliphatic heterocycles. The Morgan fingerprint density at radius 3 is 2.61 bits per heavy atom. The van der Waals surface area contributed by atoms with Crippen LogP contribution < -0.4 is 10.1 Å². The minimum atomic E-state index is -0.855. The summed E-state index contributed by atoms with van der Waals surface area (Å²) >= 11 is 0. The lowest BCUT2D eigenvalue weighted by Gasteiger charge is -2.50. The Morgan fingerprint density at radius 1 is 1.15 bits per heavy atom. The topological polar surface area (TPSA) is 88.0 Å². The van der Waals surface area contributed by atoms with E-state index < -0.39 is 23.3 Å². The lowest BCUT2D eigenvalue weighted by molar-refractivity contribution is -0.223. The molecule has 6 heteroatoms. The van der Waals surface area contributed by atoms with Crippen molar-refractivity contribution < 1.29 is 24.5 Å². The Bertz CT molecular complexity index is 951. The first kappa shape index (κ1) is 23.7. The molecule has 2 aliphatic rings. The van der Waals surface area contributed by atoms with Crippen LogP contribution >= 0.6 is 0 Å². The van der Waals surface area contributed by atoms with Crippen molar-refractivity contribution in [2.45, 2.75) is 74.7 Å². The molecule has 2 saturated heterocycles. The lowest BCUT2D eigenvalue weighted by atomic mass is 9.73. The predicted molar refractivity (Wildman–Crippen MR) is 126 cm³/mol. The summed E-state index contributed by atoms with van der Waals surface area (Å²) in [6, 6.07) is 17.4. The summed E-state index contributed by atoms with van der Waals surface area (Å²) in [5.41, 5.74) is 0.681. The first-order chi connectivity index (χ1) is 15.9. The van der Waals surface area contributed by atoms with E-state index in [0.29, 0.717) is 31.4 Å². The molecule has 33 heavy (non-hydrogen) atoms. The second-order valence-corrected chi connectivity index (χ2v) is 9.73. The van der Waals surface area contributed by atoms with Gasteiger partial charge in [0.1, 0.15) is 11.9 Å². The van der Waals surface area contributed by atoms with E-state index in [1.54, 1.807) is 7.11 Å². The second-order valence-electron chi connectivity index (χ2n) is 9.73. The molecule has 0 unspecified atom stereocenters. The minimum Gasteiger partial charge on any atom is -0.496 e. The maximum Gasteiger partial charge on any atom is 0.224 e. The molecular weight excluding hydrogens is 418 g/mol. The molecule has 0 aromatic heterocycles. The molecule has 4 rings (SSSR count). The second kappa shape index (κ2) is 9.84. The van der Waals surface area contributed by atoms with Crippen LogP contribution in [0.2, 0.25) is 0 Å². The number of hydrogen-bond donors (Lipinski definition) is 3. The van der Waals surface area contributed by atoms with E-state index in [2.05, 4.69) is 17.4 Å². The quantitative estimate of drug-likeness (QED) is 0.598. The number of carbonyl (C=O) groups excluding carboxylic acids is 1. The molecule has 1 amide bonds. The number of methoxy groups -OCH3 is 1. The molecule has 0 spiro atoms. The molecule has 2 aromatic carbocycles. The first-order valence-electron chi connectivity index (χ1n) is 11.8. The SMILES string of the molecule is COc1ccccc1CC(=O)N[C@@H]1CC[C@@]2(CCO)C[C@H](c3ccccc3)C[C@](C)(O2)[C@H]1O. The predicted octanol–water partition coefficient (Wildman–Crippen LogP) is 3.35. The van der Waals surface area contributed by atoms with Crippen LogP contribution in [0.3, 0.4) is 0 Å². The number of carbonyl (C=O) groups is 1. The normalized spacial score (nSPS) is 31.5. The number of benzene rings is 2. The Hall–Kier alpha value is -2.41. The van der Waals surface area contributed by atoms with Gasteiger partial charge in [0, 0.05) is 12.2 Å². The van der Waals surface area contributed by atoms with E-state index >= 15 is 0 Å². The summed E-state index contributed by atoms with van der Waals surface area (Å²) in [6.45, 7) is 1.97. The minimum absolute atomic E-state index is 0.0263. The van der Waals surface area contributed by atoms with Gasteiger partial charge in [-0.05, 0) is 56.6 Å². The smallest absolute Gasteiger partial charge is 0.224 e. The fourth-order valence-corrected chi connectivity index (χ4v) is 5.80. The monoisotopic (exact) mass is 453 g/mol. The van der Waals surface area contributed by atoms with Gasteiger partial charge in [0.05, 0.1) is 30.8 Å². The van der Waals surface area contributed by atoms with Gasteiger partial charge < -0.3 is 25.0 Å². The van der Waals surface area contributed by atoms with Crippen LogP contribution in [0, 0.1) is 0 Å². The largest absolute Gasteiger partial charge is 0.496 e. The molecule has 0 radical (unpaired) electrons. The number of ether oxygens (including phenoxy) is 2. The molecule has 6 nitrogen and oxygen atoms in total. The molecule has 0 aliphatic carbocycles. The number of hydrogen-bond acceptors (Lipinski definition) is 5. The molecule has 2 bridgehead atoms. The molecule has 3 N–H and O–H groups in total. The Labute approximate surface area is 195 Å². The highest BCUT2D eigenvalue weighted by Crippen LogP contribution is 2.51. The molecule has 5 atom stereocenters. The van der Waals surface area contributed by atoms with Gasteiger partial charge in [-0.2, -0.15) is 0 Å². The third-order valence-electron chi connectivity index (χ3n) is 7.37. The van der Waals surface area contributed by atoms with Gasteiger partial charge in [0.2, 0.25) is 5.91 Å². The van der Waals surface area contributed by atoms with Crippen LogP contribution in [0.5, 0.6) is 5.75 Å². The van der Waals surface area contributed by atoms with Gasteiger partial charge in [0.25, 0.3) is 0 Å². The average Bonchev–Trinajstić information content (AvgIpc) is 2.88. The van der Waals surface area contributed by atoms with Gasteiger partial charge >= 0.3 is 0 Å². The summed E-state index contributed by atoms with van der Waals surface area (Å²) in [5.74, 6) is 0.737. The van der Waals surface area contributed by atoms with Crippen molar-refractivity contribution in [2.75, 3.05) is 13.7 Å². The number of nitrogens with one attached hydrogen (secondary N) is 1. The van der Waals surface area contributed by atoms with Crippen LogP contribution in [0.1, 0.15) is 56.1 Å². The average molecular weight is 454 g/mol. The standard InChI is InChI=1S/C27H35NO5/c1-26-17-21(19-8-4-3-5-9-19)18-27(33-26,14-15-29)13-12-22(25(26)31)28-24(30)16-20-10-6-7-11-23(20)32-2/h3-11,21-22,25,29,31H,12-18H2,1-2H3,(H,28,30)/t21-,22-,25+,26+,27-/m1/s1. The zero-order valence-electron chi connectivity index (χ0n) is 19.5. The third kappa shape index (κ3) is 5.08. The van der Waals surface area contributed by atoms with Crippen LogP contribution in [-0.4, -0.2) is 53.2 Å². The van der Waals surface area contributed by atoms with E-state index in [9.17, 15) is 15.0 Å². The van der Waals surface area contributed by atoms with E-state index in [0.717, 1.165) is 12.0 Å². The summed E-state index contributed by atoms with van der Waals surface area (Å²) in [7, 11) is 1.59. The van der Waals surface area contributed by atoms with Gasteiger partial charge in [-0.3, -0.25) is 4.79 Å². The number of aliphatic hydroxyl groups excluding tert-OH is 2. The Balaban J connectivity index is 1.55. The highest BCUT2D eigenvalue weighted by molar-refractivity contribution is 5.79. The molecule has 2 heterocycles. The van der Waals surface area contributed by atoms with Gasteiger partial charge in [-0.15, -0.1) is 0 Å². The zero-order valence-corrected chi connectivity index (χ0v) is 19.5. The van der Waals surface area contributed by atoms with E-state index in [-0.39, 0.29) is 24.9 Å². The van der Waals surface area contributed by atoms with Gasteiger partial charge in [-0.1, -0.05) is 48.5 Å². The van der Waals surface area contributed by atoms with Crippen molar-refractivity contribution in [2.24, 2.45) is 0 Å². The molecule has 0 saturated carbocycles. The van der Waals surface area contributed by atoms with Crippen LogP contribution in [-0.2, 0) is 16.0 Å². The number of rotatable bonds is 7.